The Morgan fingerprint density at radius 3 is 1.53 bits per heavy atom. The molecule has 1 rings (SSSR count). The van der Waals surface area contributed by atoms with E-state index in [1.165, 1.54) is 96.3 Å². The first-order chi connectivity index (χ1) is 29.4. The minimum Gasteiger partial charge on any atom is -0.457 e. The Balaban J connectivity index is 2.24. The Bertz CT molecular complexity index is 1140. The van der Waals surface area contributed by atoms with Crippen LogP contribution in [0.15, 0.2) is 72.9 Å². The third-order valence-corrected chi connectivity index (χ3v) is 10.6. The van der Waals surface area contributed by atoms with E-state index in [1.807, 2.05) is 0 Å². The van der Waals surface area contributed by atoms with E-state index in [1.54, 1.807) is 0 Å². The first kappa shape index (κ1) is 55.6. The Morgan fingerprint density at radius 1 is 0.550 bits per heavy atom. The van der Waals surface area contributed by atoms with Gasteiger partial charge in [-0.3, -0.25) is 4.79 Å². The Hall–Kier alpha value is -2.37. The van der Waals surface area contributed by atoms with Crippen molar-refractivity contribution in [3.05, 3.63) is 72.9 Å². The lowest BCUT2D eigenvalue weighted by Gasteiger charge is -2.39. The standard InChI is InChI=1S/C51H88O9/c1-3-5-7-9-11-13-15-17-19-20-21-22-23-24-25-26-27-28-30-32-34-36-38-40-47(53)59-45(44-58-51-50(56)49(55)48(54)46(42-52)60-51)43-57-41-39-37-35-33-31-29-18-16-14-12-10-8-6-4-2/h6,8,12,14-15,17-18,20-21,29,33,35,45-46,48-52,54-56H,3-5,7,9-11,13,16,19,22-28,30-32,34,36-44H2,1-2H3/b8-6-,14-12-,17-15-,21-20-,29-18-,35-33-. The van der Waals surface area contributed by atoms with Crippen LogP contribution in [0.5, 0.6) is 0 Å². The van der Waals surface area contributed by atoms with Gasteiger partial charge in [0.15, 0.2) is 6.29 Å². The molecule has 0 aromatic rings. The molecule has 0 aromatic heterocycles. The van der Waals surface area contributed by atoms with Crippen LogP contribution in [0.2, 0.25) is 0 Å². The number of hydrogen-bond donors (Lipinski definition) is 4. The molecule has 6 atom stereocenters. The van der Waals surface area contributed by atoms with Gasteiger partial charge in [-0.2, -0.15) is 0 Å². The summed E-state index contributed by atoms with van der Waals surface area (Å²) in [5.74, 6) is -0.336. The van der Waals surface area contributed by atoms with Crippen molar-refractivity contribution in [2.45, 2.75) is 218 Å². The Kier molecular flexibility index (Phi) is 38.9. The molecular formula is C51H88O9. The van der Waals surface area contributed by atoms with Gasteiger partial charge in [-0.1, -0.05) is 170 Å². The van der Waals surface area contributed by atoms with Crippen molar-refractivity contribution in [3.63, 3.8) is 0 Å². The molecule has 346 valence electrons. The molecule has 0 saturated carbocycles. The van der Waals surface area contributed by atoms with Crippen molar-refractivity contribution < 1.29 is 44.2 Å². The predicted octanol–water partition coefficient (Wildman–Crippen LogP) is 11.3. The van der Waals surface area contributed by atoms with Gasteiger partial charge in [0.05, 0.1) is 19.8 Å². The number of ether oxygens (including phenoxy) is 4. The second-order valence-corrected chi connectivity index (χ2v) is 16.2. The lowest BCUT2D eigenvalue weighted by atomic mass is 9.99. The quantitative estimate of drug-likeness (QED) is 0.0270. The van der Waals surface area contributed by atoms with Crippen LogP contribution in [0.25, 0.3) is 0 Å². The Labute approximate surface area is 366 Å². The van der Waals surface area contributed by atoms with E-state index in [4.69, 9.17) is 18.9 Å². The number of aliphatic hydroxyl groups excluding tert-OH is 4. The molecule has 1 heterocycles. The predicted molar refractivity (Wildman–Crippen MR) is 247 cm³/mol. The van der Waals surface area contributed by atoms with Crippen molar-refractivity contribution in [2.24, 2.45) is 0 Å². The fourth-order valence-electron chi connectivity index (χ4n) is 6.88. The fourth-order valence-corrected chi connectivity index (χ4v) is 6.88. The van der Waals surface area contributed by atoms with Crippen molar-refractivity contribution >= 4 is 5.97 Å². The first-order valence-electron chi connectivity index (χ1n) is 24.0. The third kappa shape index (κ3) is 32.4. The van der Waals surface area contributed by atoms with Crippen LogP contribution in [-0.2, 0) is 23.7 Å². The van der Waals surface area contributed by atoms with Gasteiger partial charge in [0.1, 0.15) is 30.5 Å². The summed E-state index contributed by atoms with van der Waals surface area (Å²) in [6, 6.07) is 0. The summed E-state index contributed by atoms with van der Waals surface area (Å²) < 4.78 is 22.7. The highest BCUT2D eigenvalue weighted by Gasteiger charge is 2.44. The number of carbonyl (C=O) groups is 1. The average Bonchev–Trinajstić information content (AvgIpc) is 3.25. The van der Waals surface area contributed by atoms with Gasteiger partial charge in [-0.25, -0.2) is 0 Å². The van der Waals surface area contributed by atoms with Gasteiger partial charge < -0.3 is 39.4 Å². The Morgan fingerprint density at radius 2 is 1.02 bits per heavy atom. The molecule has 0 amide bonds. The average molecular weight is 845 g/mol. The van der Waals surface area contributed by atoms with Gasteiger partial charge in [0.2, 0.25) is 0 Å². The number of unbranched alkanes of at least 4 members (excludes halogenated alkanes) is 17. The molecule has 9 nitrogen and oxygen atoms in total. The highest BCUT2D eigenvalue weighted by molar-refractivity contribution is 5.69. The lowest BCUT2D eigenvalue weighted by Crippen LogP contribution is -2.59. The number of hydrogen-bond acceptors (Lipinski definition) is 9. The summed E-state index contributed by atoms with van der Waals surface area (Å²) in [5, 5.41) is 40.1. The summed E-state index contributed by atoms with van der Waals surface area (Å²) in [5.41, 5.74) is 0. The molecule has 0 aromatic carbocycles. The lowest BCUT2D eigenvalue weighted by molar-refractivity contribution is -0.305. The first-order valence-corrected chi connectivity index (χ1v) is 24.0. The summed E-state index contributed by atoms with van der Waals surface area (Å²) >= 11 is 0. The van der Waals surface area contributed by atoms with Gasteiger partial charge in [-0.05, 0) is 77.0 Å². The molecule has 0 radical (unpaired) electrons. The number of esters is 1. The second-order valence-electron chi connectivity index (χ2n) is 16.2. The van der Waals surface area contributed by atoms with Crippen molar-refractivity contribution in [3.8, 4) is 0 Å². The molecule has 0 bridgehead atoms. The summed E-state index contributed by atoms with van der Waals surface area (Å²) in [6.07, 6.45) is 48.0. The van der Waals surface area contributed by atoms with E-state index in [0.717, 1.165) is 64.2 Å². The van der Waals surface area contributed by atoms with Gasteiger partial charge in [0.25, 0.3) is 0 Å². The van der Waals surface area contributed by atoms with Gasteiger partial charge in [-0.15, -0.1) is 0 Å². The van der Waals surface area contributed by atoms with Crippen LogP contribution in [-0.4, -0.2) is 89.6 Å². The maximum absolute atomic E-state index is 12.8. The van der Waals surface area contributed by atoms with Crippen LogP contribution >= 0.6 is 0 Å². The maximum Gasteiger partial charge on any atom is 0.306 e. The molecule has 9 heteroatoms. The summed E-state index contributed by atoms with van der Waals surface area (Å²) in [4.78, 5) is 12.8. The molecule has 1 aliphatic heterocycles. The monoisotopic (exact) mass is 845 g/mol. The minimum atomic E-state index is -1.55. The van der Waals surface area contributed by atoms with E-state index >= 15 is 0 Å². The van der Waals surface area contributed by atoms with Crippen molar-refractivity contribution in [1.82, 2.24) is 0 Å². The van der Waals surface area contributed by atoms with E-state index in [9.17, 15) is 25.2 Å². The van der Waals surface area contributed by atoms with Crippen molar-refractivity contribution in [2.75, 3.05) is 26.4 Å². The SMILES string of the molecule is CC/C=C\C/C=C\C/C=C\C/C=C\CCCOCC(COC1OC(CO)C(O)C(O)C1O)OC(=O)CCCCCCCCCCCCC/C=C\C/C=C\CCCCCCC. The van der Waals surface area contributed by atoms with Crippen LogP contribution in [0, 0.1) is 0 Å². The molecule has 4 N–H and O–H groups in total. The van der Waals surface area contributed by atoms with Gasteiger partial charge >= 0.3 is 5.97 Å². The van der Waals surface area contributed by atoms with E-state index < -0.39 is 43.4 Å². The minimum absolute atomic E-state index is 0.103. The highest BCUT2D eigenvalue weighted by atomic mass is 16.7. The third-order valence-electron chi connectivity index (χ3n) is 10.6. The number of rotatable bonds is 40. The highest BCUT2D eigenvalue weighted by Crippen LogP contribution is 2.22. The zero-order chi connectivity index (χ0) is 43.6. The van der Waals surface area contributed by atoms with Crippen molar-refractivity contribution in [1.29, 1.82) is 0 Å². The molecule has 1 fully saturated rings. The molecule has 6 unspecified atom stereocenters. The van der Waals surface area contributed by atoms with E-state index in [-0.39, 0.29) is 19.2 Å². The largest absolute Gasteiger partial charge is 0.457 e. The normalized spacial score (nSPS) is 20.7. The molecule has 60 heavy (non-hydrogen) atoms. The number of aliphatic hydroxyl groups is 4. The van der Waals surface area contributed by atoms with Crippen LogP contribution < -0.4 is 0 Å². The fraction of sp³-hybridized carbons (Fsp3) is 0.745. The molecule has 1 saturated heterocycles. The number of allylic oxidation sites excluding steroid dienone is 12. The summed E-state index contributed by atoms with van der Waals surface area (Å²) in [6.45, 7) is 4.28. The smallest absolute Gasteiger partial charge is 0.306 e. The number of carbonyl (C=O) groups excluding carboxylic acids is 1. The van der Waals surface area contributed by atoms with Gasteiger partial charge in [0, 0.05) is 13.0 Å². The molecular weight excluding hydrogens is 757 g/mol. The molecule has 0 aliphatic carbocycles. The van der Waals surface area contributed by atoms with Crippen LogP contribution in [0.3, 0.4) is 0 Å². The van der Waals surface area contributed by atoms with Crippen LogP contribution in [0.4, 0.5) is 0 Å². The zero-order valence-corrected chi connectivity index (χ0v) is 37.9. The molecule has 1 aliphatic rings. The van der Waals surface area contributed by atoms with E-state index in [0.29, 0.717) is 13.0 Å². The zero-order valence-electron chi connectivity index (χ0n) is 37.9. The van der Waals surface area contributed by atoms with Crippen LogP contribution in [0.1, 0.15) is 181 Å². The topological polar surface area (TPSA) is 135 Å². The molecule has 0 spiro atoms. The summed E-state index contributed by atoms with van der Waals surface area (Å²) in [7, 11) is 0. The van der Waals surface area contributed by atoms with E-state index in [2.05, 4.69) is 86.8 Å². The maximum atomic E-state index is 12.8. The second kappa shape index (κ2) is 42.0.